The SMILES string of the molecule is CCC(CC)N(CCO)Cc1ccccc1Br. The van der Waals surface area contributed by atoms with Gasteiger partial charge < -0.3 is 5.11 Å². The Balaban J connectivity index is 2.75. The number of hydrogen-bond acceptors (Lipinski definition) is 2. The second-order valence-corrected chi connectivity index (χ2v) is 5.11. The third kappa shape index (κ3) is 4.41. The van der Waals surface area contributed by atoms with Crippen LogP contribution < -0.4 is 0 Å². The van der Waals surface area contributed by atoms with E-state index in [0.717, 1.165) is 30.4 Å². The van der Waals surface area contributed by atoms with E-state index in [0.29, 0.717) is 6.04 Å². The Morgan fingerprint density at radius 1 is 1.24 bits per heavy atom. The standard InChI is InChI=1S/C14H22BrNO/c1-3-13(4-2)16(9-10-17)11-12-7-5-6-8-14(12)15/h5-8,13,17H,3-4,9-11H2,1-2H3. The van der Waals surface area contributed by atoms with Crippen LogP contribution in [0.1, 0.15) is 32.3 Å². The molecule has 0 aliphatic heterocycles. The van der Waals surface area contributed by atoms with E-state index in [4.69, 9.17) is 0 Å². The highest BCUT2D eigenvalue weighted by atomic mass is 79.9. The van der Waals surface area contributed by atoms with Gasteiger partial charge in [0.15, 0.2) is 0 Å². The van der Waals surface area contributed by atoms with Crippen LogP contribution in [0.3, 0.4) is 0 Å². The number of hydrogen-bond donors (Lipinski definition) is 1. The average molecular weight is 300 g/mol. The summed E-state index contributed by atoms with van der Waals surface area (Å²) in [6, 6.07) is 8.84. The lowest BCUT2D eigenvalue weighted by Gasteiger charge is -2.30. The summed E-state index contributed by atoms with van der Waals surface area (Å²) in [5.41, 5.74) is 1.29. The summed E-state index contributed by atoms with van der Waals surface area (Å²) in [4.78, 5) is 2.36. The summed E-state index contributed by atoms with van der Waals surface area (Å²) >= 11 is 3.58. The molecule has 0 heterocycles. The normalized spacial score (nSPS) is 11.4. The van der Waals surface area contributed by atoms with Crippen molar-refractivity contribution in [1.29, 1.82) is 0 Å². The zero-order valence-corrected chi connectivity index (χ0v) is 12.3. The van der Waals surface area contributed by atoms with Crippen LogP contribution >= 0.6 is 15.9 Å². The third-order valence-corrected chi connectivity index (χ3v) is 3.95. The van der Waals surface area contributed by atoms with Crippen LogP contribution in [0.4, 0.5) is 0 Å². The molecule has 2 nitrogen and oxygen atoms in total. The lowest BCUT2D eigenvalue weighted by molar-refractivity contribution is 0.136. The Hall–Kier alpha value is -0.380. The van der Waals surface area contributed by atoms with E-state index in [-0.39, 0.29) is 6.61 Å². The molecule has 0 aliphatic rings. The molecule has 96 valence electrons. The van der Waals surface area contributed by atoms with Gasteiger partial charge >= 0.3 is 0 Å². The fourth-order valence-corrected chi connectivity index (χ4v) is 2.58. The molecule has 1 aromatic carbocycles. The van der Waals surface area contributed by atoms with Crippen molar-refractivity contribution in [1.82, 2.24) is 4.90 Å². The molecule has 3 heteroatoms. The topological polar surface area (TPSA) is 23.5 Å². The minimum absolute atomic E-state index is 0.223. The number of halogens is 1. The number of benzene rings is 1. The van der Waals surface area contributed by atoms with Crippen molar-refractivity contribution in [3.8, 4) is 0 Å². The third-order valence-electron chi connectivity index (χ3n) is 3.18. The first-order valence-electron chi connectivity index (χ1n) is 6.31. The minimum atomic E-state index is 0.223. The van der Waals surface area contributed by atoms with Crippen molar-refractivity contribution < 1.29 is 5.11 Å². The summed E-state index contributed by atoms with van der Waals surface area (Å²) in [5, 5.41) is 9.17. The van der Waals surface area contributed by atoms with Crippen molar-refractivity contribution in [3.63, 3.8) is 0 Å². The zero-order chi connectivity index (χ0) is 12.7. The molecule has 0 aliphatic carbocycles. The first kappa shape index (κ1) is 14.7. The molecule has 0 unspecified atom stereocenters. The maximum Gasteiger partial charge on any atom is 0.0558 e. The molecule has 1 rings (SSSR count). The highest BCUT2D eigenvalue weighted by Gasteiger charge is 2.15. The molecule has 0 aromatic heterocycles. The van der Waals surface area contributed by atoms with Gasteiger partial charge in [0.25, 0.3) is 0 Å². The Morgan fingerprint density at radius 3 is 2.41 bits per heavy atom. The largest absolute Gasteiger partial charge is 0.395 e. The Labute approximate surface area is 113 Å². The molecule has 0 radical (unpaired) electrons. The first-order valence-corrected chi connectivity index (χ1v) is 7.10. The Bertz CT molecular complexity index is 326. The summed E-state index contributed by atoms with van der Waals surface area (Å²) in [5.74, 6) is 0. The van der Waals surface area contributed by atoms with E-state index in [1.165, 1.54) is 5.56 Å². The van der Waals surface area contributed by atoms with Gasteiger partial charge in [-0.15, -0.1) is 0 Å². The zero-order valence-electron chi connectivity index (χ0n) is 10.7. The fraction of sp³-hybridized carbons (Fsp3) is 0.571. The highest BCUT2D eigenvalue weighted by molar-refractivity contribution is 9.10. The van der Waals surface area contributed by atoms with Gasteiger partial charge in [-0.2, -0.15) is 0 Å². The lowest BCUT2D eigenvalue weighted by Crippen LogP contribution is -2.36. The lowest BCUT2D eigenvalue weighted by atomic mass is 10.1. The summed E-state index contributed by atoms with van der Waals surface area (Å²) in [6.07, 6.45) is 2.25. The summed E-state index contributed by atoms with van der Waals surface area (Å²) in [7, 11) is 0. The minimum Gasteiger partial charge on any atom is -0.395 e. The molecule has 0 saturated carbocycles. The van der Waals surface area contributed by atoms with Crippen LogP contribution in [-0.4, -0.2) is 29.2 Å². The van der Waals surface area contributed by atoms with Gasteiger partial charge in [-0.3, -0.25) is 4.90 Å². The number of aliphatic hydroxyl groups excluding tert-OH is 1. The van der Waals surface area contributed by atoms with Gasteiger partial charge in [0.05, 0.1) is 6.61 Å². The van der Waals surface area contributed by atoms with Crippen LogP contribution in [0.2, 0.25) is 0 Å². The van der Waals surface area contributed by atoms with Crippen molar-refractivity contribution in [2.45, 2.75) is 39.3 Å². The van der Waals surface area contributed by atoms with Crippen molar-refractivity contribution >= 4 is 15.9 Å². The second kappa shape index (κ2) is 7.85. The molecule has 1 N–H and O–H groups in total. The first-order chi connectivity index (χ1) is 8.22. The smallest absolute Gasteiger partial charge is 0.0558 e. The van der Waals surface area contributed by atoms with Crippen LogP contribution in [0, 0.1) is 0 Å². The highest BCUT2D eigenvalue weighted by Crippen LogP contribution is 2.20. The molecule has 0 atom stereocenters. The predicted octanol–water partition coefficient (Wildman–Crippen LogP) is 3.43. The molecule has 0 amide bonds. The monoisotopic (exact) mass is 299 g/mol. The predicted molar refractivity (Wildman–Crippen MR) is 76.0 cm³/mol. The molecular weight excluding hydrogens is 278 g/mol. The number of nitrogens with zero attached hydrogens (tertiary/aromatic N) is 1. The van der Waals surface area contributed by atoms with Gasteiger partial charge in [0, 0.05) is 23.6 Å². The molecule has 0 fully saturated rings. The quantitative estimate of drug-likeness (QED) is 0.834. The van der Waals surface area contributed by atoms with Crippen molar-refractivity contribution in [3.05, 3.63) is 34.3 Å². The molecule has 0 bridgehead atoms. The number of rotatable bonds is 7. The molecule has 17 heavy (non-hydrogen) atoms. The maximum absolute atomic E-state index is 9.17. The molecular formula is C14H22BrNO. The second-order valence-electron chi connectivity index (χ2n) is 4.26. The van der Waals surface area contributed by atoms with E-state index in [2.05, 4.69) is 52.9 Å². The Morgan fingerprint density at radius 2 is 1.88 bits per heavy atom. The van der Waals surface area contributed by atoms with Gasteiger partial charge in [-0.25, -0.2) is 0 Å². The van der Waals surface area contributed by atoms with E-state index in [9.17, 15) is 5.11 Å². The van der Waals surface area contributed by atoms with Crippen LogP contribution in [0.5, 0.6) is 0 Å². The van der Waals surface area contributed by atoms with Crippen LogP contribution in [0.25, 0.3) is 0 Å². The summed E-state index contributed by atoms with van der Waals surface area (Å²) < 4.78 is 1.15. The van der Waals surface area contributed by atoms with E-state index < -0.39 is 0 Å². The maximum atomic E-state index is 9.17. The van der Waals surface area contributed by atoms with Crippen LogP contribution in [-0.2, 0) is 6.54 Å². The number of aliphatic hydroxyl groups is 1. The van der Waals surface area contributed by atoms with Gasteiger partial charge in [0.2, 0.25) is 0 Å². The molecule has 0 saturated heterocycles. The molecule has 0 spiro atoms. The van der Waals surface area contributed by atoms with Gasteiger partial charge in [0.1, 0.15) is 0 Å². The van der Waals surface area contributed by atoms with Crippen LogP contribution in [0.15, 0.2) is 28.7 Å². The van der Waals surface area contributed by atoms with Crippen molar-refractivity contribution in [2.75, 3.05) is 13.2 Å². The van der Waals surface area contributed by atoms with E-state index >= 15 is 0 Å². The van der Waals surface area contributed by atoms with Gasteiger partial charge in [-0.05, 0) is 24.5 Å². The van der Waals surface area contributed by atoms with E-state index in [1.807, 2.05) is 6.07 Å². The summed E-state index contributed by atoms with van der Waals surface area (Å²) in [6.45, 7) is 6.28. The fourth-order valence-electron chi connectivity index (χ4n) is 2.17. The van der Waals surface area contributed by atoms with Crippen molar-refractivity contribution in [2.24, 2.45) is 0 Å². The van der Waals surface area contributed by atoms with E-state index in [1.54, 1.807) is 0 Å². The Kier molecular flexibility index (Phi) is 6.78. The average Bonchev–Trinajstić information content (AvgIpc) is 2.34. The molecule has 1 aromatic rings. The van der Waals surface area contributed by atoms with Gasteiger partial charge in [-0.1, -0.05) is 48.0 Å².